The molecule has 1 radical (unpaired) electrons. The third-order valence-corrected chi connectivity index (χ3v) is 3.37. The molecule has 1 aliphatic rings. The lowest BCUT2D eigenvalue weighted by atomic mass is 9.87. The fourth-order valence-electron chi connectivity index (χ4n) is 2.00. The van der Waals surface area contributed by atoms with Gasteiger partial charge in [0, 0.05) is 12.8 Å². The molecule has 3 amide bonds. The summed E-state index contributed by atoms with van der Waals surface area (Å²) in [5, 5.41) is 2.33. The molecule has 1 aliphatic heterocycles. The summed E-state index contributed by atoms with van der Waals surface area (Å²) in [5.41, 5.74) is 3.43. The molecule has 0 aromatic rings. The average Bonchev–Trinajstić information content (AvgIpc) is 2.42. The highest BCUT2D eigenvalue weighted by atomic mass is 16.2. The van der Waals surface area contributed by atoms with E-state index in [4.69, 9.17) is 5.73 Å². The van der Waals surface area contributed by atoms with Gasteiger partial charge in [-0.15, -0.1) is 0 Å². The SMILES string of the molecule is C[C@H](N)C(=O)N[C@@H](C)C(=O)N1C(=O)CCC(=O)[C@]1(C)[C]=O. The number of piperidine rings is 1. The fraction of sp³-hybridized carbons (Fsp3) is 0.615. The number of imide groups is 1. The van der Waals surface area contributed by atoms with Crippen molar-refractivity contribution in [1.29, 1.82) is 0 Å². The van der Waals surface area contributed by atoms with Crippen molar-refractivity contribution in [3.05, 3.63) is 0 Å². The number of nitrogens with zero attached hydrogens (tertiary/aromatic N) is 1. The number of amides is 3. The van der Waals surface area contributed by atoms with Gasteiger partial charge in [0.05, 0.1) is 6.04 Å². The highest BCUT2D eigenvalue weighted by Gasteiger charge is 2.50. The van der Waals surface area contributed by atoms with E-state index in [1.54, 1.807) is 0 Å². The van der Waals surface area contributed by atoms with Crippen molar-refractivity contribution in [3.8, 4) is 0 Å². The zero-order valence-corrected chi connectivity index (χ0v) is 12.1. The average molecular weight is 296 g/mol. The van der Waals surface area contributed by atoms with Gasteiger partial charge in [0.2, 0.25) is 18.1 Å². The number of ketones is 1. The number of nitrogens with two attached hydrogens (primary N) is 1. The topological polar surface area (TPSA) is 127 Å². The third-order valence-electron chi connectivity index (χ3n) is 3.37. The molecule has 0 spiro atoms. The zero-order valence-electron chi connectivity index (χ0n) is 12.1. The van der Waals surface area contributed by atoms with Gasteiger partial charge in [-0.25, -0.2) is 0 Å². The standard InChI is InChI=1S/C13H18N3O5/c1-7(14)11(20)15-8(2)12(21)16-10(19)5-4-9(18)13(16,3)6-17/h7-8H,4-5,14H2,1-3H3,(H,15,20)/t7-,8-,13-/m0/s1. The maximum absolute atomic E-state index is 12.3. The van der Waals surface area contributed by atoms with E-state index < -0.39 is 41.1 Å². The summed E-state index contributed by atoms with van der Waals surface area (Å²) in [6.07, 6.45) is 1.20. The second kappa shape index (κ2) is 6.13. The summed E-state index contributed by atoms with van der Waals surface area (Å²) in [6.45, 7) is 3.95. The molecule has 21 heavy (non-hydrogen) atoms. The Morgan fingerprint density at radius 1 is 1.33 bits per heavy atom. The van der Waals surface area contributed by atoms with Crippen LogP contribution >= 0.6 is 0 Å². The van der Waals surface area contributed by atoms with Crippen LogP contribution in [-0.4, -0.2) is 52.3 Å². The number of carbonyl (C=O) groups is 4. The number of carbonyl (C=O) groups excluding carboxylic acids is 5. The quantitative estimate of drug-likeness (QED) is 0.603. The maximum Gasteiger partial charge on any atom is 0.252 e. The van der Waals surface area contributed by atoms with Gasteiger partial charge in [-0.1, -0.05) is 0 Å². The second-order valence-corrected chi connectivity index (χ2v) is 5.18. The first-order valence-corrected chi connectivity index (χ1v) is 6.50. The Labute approximate surface area is 122 Å². The van der Waals surface area contributed by atoms with E-state index in [9.17, 15) is 24.0 Å². The number of hydrogen-bond donors (Lipinski definition) is 2. The van der Waals surface area contributed by atoms with Crippen LogP contribution in [0.4, 0.5) is 0 Å². The zero-order chi connectivity index (χ0) is 16.4. The van der Waals surface area contributed by atoms with Crippen molar-refractivity contribution in [2.75, 3.05) is 0 Å². The minimum absolute atomic E-state index is 0.116. The van der Waals surface area contributed by atoms with Gasteiger partial charge in [-0.05, 0) is 20.8 Å². The van der Waals surface area contributed by atoms with Crippen LogP contribution < -0.4 is 11.1 Å². The van der Waals surface area contributed by atoms with E-state index in [1.165, 1.54) is 20.1 Å². The lowest BCUT2D eigenvalue weighted by Crippen LogP contribution is -2.65. The van der Waals surface area contributed by atoms with Gasteiger partial charge >= 0.3 is 0 Å². The van der Waals surface area contributed by atoms with Gasteiger partial charge < -0.3 is 11.1 Å². The number of Topliss-reactive ketones (excluding diaryl/α,β-unsaturated/α-hetero) is 1. The Balaban J connectivity index is 3.01. The van der Waals surface area contributed by atoms with Crippen LogP contribution in [0.2, 0.25) is 0 Å². The van der Waals surface area contributed by atoms with E-state index in [2.05, 4.69) is 5.32 Å². The van der Waals surface area contributed by atoms with Gasteiger partial charge in [-0.3, -0.25) is 28.9 Å². The maximum atomic E-state index is 12.3. The molecule has 0 saturated carbocycles. The van der Waals surface area contributed by atoms with E-state index in [0.29, 0.717) is 4.90 Å². The molecular formula is C13H18N3O5. The van der Waals surface area contributed by atoms with Crippen molar-refractivity contribution >= 4 is 29.8 Å². The molecule has 1 saturated heterocycles. The van der Waals surface area contributed by atoms with Gasteiger partial charge in [0.15, 0.2) is 11.3 Å². The van der Waals surface area contributed by atoms with E-state index in [-0.39, 0.29) is 12.8 Å². The van der Waals surface area contributed by atoms with Crippen molar-refractivity contribution in [2.24, 2.45) is 5.73 Å². The largest absolute Gasteiger partial charge is 0.343 e. The number of rotatable bonds is 4. The van der Waals surface area contributed by atoms with Crippen molar-refractivity contribution in [2.45, 2.75) is 51.2 Å². The van der Waals surface area contributed by atoms with Crippen molar-refractivity contribution in [3.63, 3.8) is 0 Å². The van der Waals surface area contributed by atoms with Gasteiger partial charge in [0.1, 0.15) is 6.04 Å². The molecule has 1 rings (SSSR count). The first kappa shape index (κ1) is 17.0. The molecule has 8 heteroatoms. The van der Waals surface area contributed by atoms with Crippen LogP contribution in [0.5, 0.6) is 0 Å². The van der Waals surface area contributed by atoms with Crippen LogP contribution in [0.25, 0.3) is 0 Å². The molecular weight excluding hydrogens is 278 g/mol. The molecule has 1 fully saturated rings. The molecule has 115 valence electrons. The highest BCUT2D eigenvalue weighted by molar-refractivity contribution is 6.15. The smallest absolute Gasteiger partial charge is 0.252 e. The predicted molar refractivity (Wildman–Crippen MR) is 71.4 cm³/mol. The molecule has 0 bridgehead atoms. The molecule has 3 N–H and O–H groups in total. The Morgan fingerprint density at radius 2 is 1.90 bits per heavy atom. The highest BCUT2D eigenvalue weighted by Crippen LogP contribution is 2.25. The van der Waals surface area contributed by atoms with Crippen molar-refractivity contribution < 1.29 is 24.0 Å². The number of nitrogens with one attached hydrogen (secondary N) is 1. The van der Waals surface area contributed by atoms with Gasteiger partial charge in [-0.2, -0.15) is 0 Å². The Morgan fingerprint density at radius 3 is 2.38 bits per heavy atom. The van der Waals surface area contributed by atoms with Crippen LogP contribution in [0.15, 0.2) is 0 Å². The molecule has 0 aromatic carbocycles. The monoisotopic (exact) mass is 296 g/mol. The second-order valence-electron chi connectivity index (χ2n) is 5.18. The molecule has 0 aliphatic carbocycles. The summed E-state index contributed by atoms with van der Waals surface area (Å²) in [5.74, 6) is -2.63. The molecule has 8 nitrogen and oxygen atoms in total. The predicted octanol–water partition coefficient (Wildman–Crippen LogP) is -1.58. The molecule has 0 unspecified atom stereocenters. The number of hydrogen-bond acceptors (Lipinski definition) is 6. The van der Waals surface area contributed by atoms with Crippen LogP contribution in [0, 0.1) is 0 Å². The van der Waals surface area contributed by atoms with Gasteiger partial charge in [0.25, 0.3) is 5.91 Å². The number of likely N-dealkylation sites (tertiary alicyclic amines) is 1. The third kappa shape index (κ3) is 3.15. The molecule has 1 heterocycles. The Bertz CT molecular complexity index is 502. The summed E-state index contributed by atoms with van der Waals surface area (Å²) in [6, 6.07) is -1.92. The minimum Gasteiger partial charge on any atom is -0.343 e. The molecule has 0 aromatic heterocycles. The first-order chi connectivity index (χ1) is 9.65. The Hall–Kier alpha value is -2.09. The van der Waals surface area contributed by atoms with Crippen LogP contribution in [0.3, 0.4) is 0 Å². The fourth-order valence-corrected chi connectivity index (χ4v) is 2.00. The normalized spacial score (nSPS) is 25.2. The lowest BCUT2D eigenvalue weighted by molar-refractivity contribution is -0.159. The summed E-state index contributed by atoms with van der Waals surface area (Å²) < 4.78 is 0. The van der Waals surface area contributed by atoms with Crippen molar-refractivity contribution in [1.82, 2.24) is 10.2 Å². The summed E-state index contributed by atoms with van der Waals surface area (Å²) in [7, 11) is 0. The van der Waals surface area contributed by atoms with Crippen LogP contribution in [-0.2, 0) is 24.0 Å². The molecule has 3 atom stereocenters. The summed E-state index contributed by atoms with van der Waals surface area (Å²) in [4.78, 5) is 59.2. The minimum atomic E-state index is -1.94. The van der Waals surface area contributed by atoms with E-state index in [1.807, 2.05) is 0 Å². The Kier molecular flexibility index (Phi) is 4.95. The van der Waals surface area contributed by atoms with E-state index in [0.717, 1.165) is 6.92 Å². The van der Waals surface area contributed by atoms with Crippen LogP contribution in [0.1, 0.15) is 33.6 Å². The first-order valence-electron chi connectivity index (χ1n) is 6.50. The lowest BCUT2D eigenvalue weighted by Gasteiger charge is -2.38. The van der Waals surface area contributed by atoms with E-state index >= 15 is 0 Å². The summed E-state index contributed by atoms with van der Waals surface area (Å²) >= 11 is 0.